The van der Waals surface area contributed by atoms with Gasteiger partial charge in [0.25, 0.3) is 5.91 Å². The maximum Gasteiger partial charge on any atom is 0.339 e. The first-order chi connectivity index (χ1) is 11.5. The van der Waals surface area contributed by atoms with Crippen LogP contribution in [-0.4, -0.2) is 18.5 Å². The Kier molecular flexibility index (Phi) is 5.00. The van der Waals surface area contributed by atoms with Gasteiger partial charge in [-0.05, 0) is 68.4 Å². The van der Waals surface area contributed by atoms with Gasteiger partial charge in [0.2, 0.25) is 0 Å². The third-order valence-corrected chi connectivity index (χ3v) is 5.49. The van der Waals surface area contributed by atoms with E-state index in [1.807, 2.05) is 37.4 Å². The zero-order valence-corrected chi connectivity index (χ0v) is 14.8. The molecule has 0 saturated carbocycles. The Bertz CT molecular complexity index is 779. The maximum atomic E-state index is 12.2. The van der Waals surface area contributed by atoms with Crippen molar-refractivity contribution in [2.75, 3.05) is 11.9 Å². The van der Waals surface area contributed by atoms with E-state index in [1.54, 1.807) is 11.3 Å². The van der Waals surface area contributed by atoms with E-state index in [0.29, 0.717) is 11.3 Å². The monoisotopic (exact) mass is 343 g/mol. The van der Waals surface area contributed by atoms with Gasteiger partial charge in [-0.2, -0.15) is 0 Å². The maximum absolute atomic E-state index is 12.2. The molecule has 1 N–H and O–H groups in total. The lowest BCUT2D eigenvalue weighted by atomic mass is 9.96. The minimum absolute atomic E-state index is 0.267. The Labute approximate surface area is 145 Å². The van der Waals surface area contributed by atoms with E-state index in [0.717, 1.165) is 30.4 Å². The average molecular weight is 343 g/mol. The highest BCUT2D eigenvalue weighted by Gasteiger charge is 2.21. The molecule has 5 heteroatoms. The summed E-state index contributed by atoms with van der Waals surface area (Å²) >= 11 is 1.62. The van der Waals surface area contributed by atoms with E-state index in [-0.39, 0.29) is 12.5 Å². The van der Waals surface area contributed by atoms with Crippen LogP contribution in [-0.2, 0) is 22.4 Å². The van der Waals surface area contributed by atoms with Crippen molar-refractivity contribution < 1.29 is 14.3 Å². The molecule has 126 valence electrons. The number of esters is 1. The standard InChI is InChI=1S/C19H21NO3S/c1-12-7-8-14(9-13(12)2)20-18(21)10-23-19(22)16-11-24-17-6-4-3-5-15(16)17/h7-9,11H,3-6,10H2,1-2H3,(H,20,21). The van der Waals surface area contributed by atoms with Gasteiger partial charge in [0.05, 0.1) is 5.56 Å². The largest absolute Gasteiger partial charge is 0.452 e. The summed E-state index contributed by atoms with van der Waals surface area (Å²) in [5, 5.41) is 4.62. The highest BCUT2D eigenvalue weighted by Crippen LogP contribution is 2.30. The Balaban J connectivity index is 1.57. The zero-order valence-electron chi connectivity index (χ0n) is 14.0. The van der Waals surface area contributed by atoms with E-state index in [2.05, 4.69) is 5.32 Å². The number of carbonyl (C=O) groups is 2. The molecule has 2 aromatic rings. The number of hydrogen-bond donors (Lipinski definition) is 1. The Morgan fingerprint density at radius 2 is 1.96 bits per heavy atom. The SMILES string of the molecule is Cc1ccc(NC(=O)COC(=O)c2csc3c2CCCC3)cc1C. The van der Waals surface area contributed by atoms with E-state index in [9.17, 15) is 9.59 Å². The zero-order chi connectivity index (χ0) is 17.1. The van der Waals surface area contributed by atoms with Crippen LogP contribution in [0.25, 0.3) is 0 Å². The molecule has 1 aromatic heterocycles. The topological polar surface area (TPSA) is 55.4 Å². The molecule has 1 aliphatic rings. The molecule has 1 aromatic carbocycles. The van der Waals surface area contributed by atoms with E-state index in [1.165, 1.54) is 16.9 Å². The number of thiophene rings is 1. The van der Waals surface area contributed by atoms with Gasteiger partial charge in [-0.3, -0.25) is 4.79 Å². The number of ether oxygens (including phenoxy) is 1. The summed E-state index contributed by atoms with van der Waals surface area (Å²) in [5.41, 5.74) is 4.74. The van der Waals surface area contributed by atoms with Gasteiger partial charge in [-0.15, -0.1) is 11.3 Å². The summed E-state index contributed by atoms with van der Waals surface area (Å²) in [6.45, 7) is 3.74. The molecule has 0 fully saturated rings. The summed E-state index contributed by atoms with van der Waals surface area (Å²) in [6, 6.07) is 5.70. The van der Waals surface area contributed by atoms with E-state index < -0.39 is 5.97 Å². The third kappa shape index (κ3) is 3.67. The van der Waals surface area contributed by atoms with Crippen LogP contribution >= 0.6 is 11.3 Å². The summed E-state index contributed by atoms with van der Waals surface area (Å²) in [5.74, 6) is -0.722. The quantitative estimate of drug-likeness (QED) is 0.853. The van der Waals surface area contributed by atoms with Crippen molar-refractivity contribution >= 4 is 28.9 Å². The van der Waals surface area contributed by atoms with Crippen molar-refractivity contribution in [1.82, 2.24) is 0 Å². The highest BCUT2D eigenvalue weighted by molar-refractivity contribution is 7.10. The molecule has 0 radical (unpaired) electrons. The Hall–Kier alpha value is -2.14. The van der Waals surface area contributed by atoms with Gasteiger partial charge in [0.1, 0.15) is 0 Å². The predicted octanol–water partition coefficient (Wildman–Crippen LogP) is 4.04. The lowest BCUT2D eigenvalue weighted by Gasteiger charge is -2.12. The van der Waals surface area contributed by atoms with Gasteiger partial charge < -0.3 is 10.1 Å². The van der Waals surface area contributed by atoms with Crippen LogP contribution in [0.3, 0.4) is 0 Å². The van der Waals surface area contributed by atoms with Crippen LogP contribution in [0.15, 0.2) is 23.6 Å². The Morgan fingerprint density at radius 3 is 2.75 bits per heavy atom. The fourth-order valence-corrected chi connectivity index (χ4v) is 4.01. The number of rotatable bonds is 4. The van der Waals surface area contributed by atoms with Gasteiger partial charge in [-0.25, -0.2) is 4.79 Å². The number of nitrogens with one attached hydrogen (secondary N) is 1. The summed E-state index contributed by atoms with van der Waals surface area (Å²) in [7, 11) is 0. The van der Waals surface area contributed by atoms with Crippen molar-refractivity contribution in [2.45, 2.75) is 39.5 Å². The molecule has 0 atom stereocenters. The molecular formula is C19H21NO3S. The first kappa shape index (κ1) is 16.7. The molecular weight excluding hydrogens is 322 g/mol. The van der Waals surface area contributed by atoms with Gasteiger partial charge in [0.15, 0.2) is 6.61 Å². The van der Waals surface area contributed by atoms with Gasteiger partial charge >= 0.3 is 5.97 Å². The summed E-state index contributed by atoms with van der Waals surface area (Å²) in [4.78, 5) is 25.5. The second kappa shape index (κ2) is 7.18. The third-order valence-electron chi connectivity index (χ3n) is 4.41. The first-order valence-electron chi connectivity index (χ1n) is 8.18. The van der Waals surface area contributed by atoms with Gasteiger partial charge in [-0.1, -0.05) is 6.07 Å². The van der Waals surface area contributed by atoms with Crippen LogP contribution in [0.2, 0.25) is 0 Å². The van der Waals surface area contributed by atoms with Crippen molar-refractivity contribution in [1.29, 1.82) is 0 Å². The van der Waals surface area contributed by atoms with Crippen molar-refractivity contribution in [3.05, 3.63) is 50.7 Å². The smallest absolute Gasteiger partial charge is 0.339 e. The van der Waals surface area contributed by atoms with Crippen LogP contribution in [0.5, 0.6) is 0 Å². The average Bonchev–Trinajstić information content (AvgIpc) is 3.00. The molecule has 0 aliphatic heterocycles. The Morgan fingerprint density at radius 1 is 1.17 bits per heavy atom. The number of carbonyl (C=O) groups excluding carboxylic acids is 2. The highest BCUT2D eigenvalue weighted by atomic mass is 32.1. The number of anilines is 1. The van der Waals surface area contributed by atoms with Gasteiger partial charge in [0, 0.05) is 15.9 Å². The van der Waals surface area contributed by atoms with E-state index >= 15 is 0 Å². The summed E-state index contributed by atoms with van der Waals surface area (Å²) < 4.78 is 5.20. The van der Waals surface area contributed by atoms with Crippen molar-refractivity contribution in [2.24, 2.45) is 0 Å². The molecule has 1 aliphatic carbocycles. The van der Waals surface area contributed by atoms with Crippen LogP contribution in [0.1, 0.15) is 44.8 Å². The molecule has 1 heterocycles. The minimum atomic E-state index is -0.398. The molecule has 0 spiro atoms. The van der Waals surface area contributed by atoms with Crippen LogP contribution in [0.4, 0.5) is 5.69 Å². The molecule has 0 bridgehead atoms. The number of hydrogen-bond acceptors (Lipinski definition) is 4. The van der Waals surface area contributed by atoms with Crippen LogP contribution < -0.4 is 5.32 Å². The number of fused-ring (bicyclic) bond motifs is 1. The second-order valence-corrected chi connectivity index (χ2v) is 7.15. The minimum Gasteiger partial charge on any atom is -0.452 e. The fraction of sp³-hybridized carbons (Fsp3) is 0.368. The second-order valence-electron chi connectivity index (χ2n) is 6.18. The lowest BCUT2D eigenvalue weighted by molar-refractivity contribution is -0.119. The fourth-order valence-electron chi connectivity index (χ4n) is 2.89. The van der Waals surface area contributed by atoms with Crippen molar-refractivity contribution in [3.63, 3.8) is 0 Å². The first-order valence-corrected chi connectivity index (χ1v) is 9.06. The molecule has 1 amide bonds. The molecule has 3 rings (SSSR count). The molecule has 24 heavy (non-hydrogen) atoms. The summed E-state index contributed by atoms with van der Waals surface area (Å²) in [6.07, 6.45) is 4.26. The normalized spacial score (nSPS) is 13.2. The lowest BCUT2D eigenvalue weighted by Crippen LogP contribution is -2.21. The van der Waals surface area contributed by atoms with Crippen LogP contribution in [0, 0.1) is 13.8 Å². The number of aryl methyl sites for hydroxylation is 3. The number of benzene rings is 1. The molecule has 0 unspecified atom stereocenters. The molecule has 0 saturated heterocycles. The number of amides is 1. The van der Waals surface area contributed by atoms with Crippen molar-refractivity contribution in [3.8, 4) is 0 Å². The predicted molar refractivity (Wildman–Crippen MR) is 95.8 cm³/mol. The molecule has 4 nitrogen and oxygen atoms in total. The van der Waals surface area contributed by atoms with E-state index in [4.69, 9.17) is 4.74 Å².